The number of aromatic nitrogens is 2. The Labute approximate surface area is 230 Å². The van der Waals surface area contributed by atoms with E-state index in [4.69, 9.17) is 28.3 Å². The van der Waals surface area contributed by atoms with E-state index in [1.54, 1.807) is 13.0 Å². The third kappa shape index (κ3) is 14.8. The fraction of sp³-hybridized carbons (Fsp3) is 0.500. The summed E-state index contributed by atoms with van der Waals surface area (Å²) in [7, 11) is -5.78. The molecular weight excluding hydrogens is 559 g/mol. The van der Waals surface area contributed by atoms with Crippen LogP contribution < -0.4 is 5.32 Å². The van der Waals surface area contributed by atoms with Gasteiger partial charge in [-0.15, -0.1) is 0 Å². The molecule has 0 aromatic carbocycles. The lowest BCUT2D eigenvalue weighted by molar-refractivity contribution is 0.266. The third-order valence-electron chi connectivity index (χ3n) is 5.06. The zero-order valence-electron chi connectivity index (χ0n) is 21.5. The topological polar surface area (TPSA) is 130 Å². The molecule has 2 N–H and O–H groups in total. The normalized spacial score (nSPS) is 14.8. The average Bonchev–Trinajstić information content (AvgIpc) is 2.83. The molecule has 0 fully saturated rings. The molecule has 4 heterocycles. The molecule has 0 amide bonds. The molecule has 0 saturated heterocycles. The zero-order valence-corrected chi connectivity index (χ0v) is 24.6. The van der Waals surface area contributed by atoms with Crippen LogP contribution in [-0.4, -0.2) is 81.3 Å². The summed E-state index contributed by atoms with van der Waals surface area (Å²) in [4.78, 5) is 10.7. The highest BCUT2D eigenvalue weighted by Crippen LogP contribution is 2.19. The van der Waals surface area contributed by atoms with Gasteiger partial charge in [-0.1, -0.05) is 41.9 Å². The number of pyridine rings is 2. The molecular formula is C24H36Cl2N4O5S2. The van der Waals surface area contributed by atoms with E-state index in [0.29, 0.717) is 16.9 Å². The van der Waals surface area contributed by atoms with Crippen molar-refractivity contribution in [3.63, 3.8) is 0 Å². The molecule has 2 aliphatic rings. The lowest BCUT2D eigenvalue weighted by Crippen LogP contribution is -2.34. The van der Waals surface area contributed by atoms with Gasteiger partial charge in [0.25, 0.3) is 0 Å². The monoisotopic (exact) mass is 594 g/mol. The van der Waals surface area contributed by atoms with Crippen LogP contribution in [0.4, 0.5) is 0 Å². The Balaban J connectivity index is 0.000000293. The summed E-state index contributed by atoms with van der Waals surface area (Å²) in [6.07, 6.45) is 4.20. The second-order valence-electron chi connectivity index (χ2n) is 8.37. The van der Waals surface area contributed by atoms with Gasteiger partial charge < -0.3 is 10.4 Å². The van der Waals surface area contributed by atoms with E-state index < -0.39 is 19.7 Å². The molecule has 0 unspecified atom stereocenters. The fourth-order valence-electron chi connectivity index (χ4n) is 3.24. The number of aliphatic hydroxyl groups excluding tert-OH is 1. The predicted octanol–water partition coefficient (Wildman–Crippen LogP) is 2.69. The highest BCUT2D eigenvalue weighted by Gasteiger charge is 2.18. The van der Waals surface area contributed by atoms with E-state index in [2.05, 4.69) is 26.8 Å². The number of nitrogens with zero attached hydrogens (tertiary/aromatic N) is 3. The Hall–Kier alpha value is -1.60. The van der Waals surface area contributed by atoms with Gasteiger partial charge in [-0.25, -0.2) is 26.8 Å². The van der Waals surface area contributed by atoms with Crippen LogP contribution in [0.5, 0.6) is 0 Å². The molecule has 37 heavy (non-hydrogen) atoms. The molecule has 2 aromatic rings. The maximum Gasteiger partial charge on any atom is 0.168 e. The highest BCUT2D eigenvalue weighted by molar-refractivity contribution is 7.93. The van der Waals surface area contributed by atoms with Gasteiger partial charge in [0.1, 0.15) is 20.1 Å². The second-order valence-corrected chi connectivity index (χ2v) is 13.4. The lowest BCUT2D eigenvalue weighted by Gasteiger charge is -2.27. The van der Waals surface area contributed by atoms with Crippen molar-refractivity contribution in [3.05, 3.63) is 69.1 Å². The van der Waals surface area contributed by atoms with Crippen molar-refractivity contribution in [2.75, 3.05) is 44.5 Å². The summed E-state index contributed by atoms with van der Waals surface area (Å²) in [6.45, 7) is 9.11. The van der Waals surface area contributed by atoms with Crippen LogP contribution >= 0.6 is 23.2 Å². The first-order valence-electron chi connectivity index (χ1n) is 11.6. The molecule has 2 aromatic heterocycles. The summed E-state index contributed by atoms with van der Waals surface area (Å²) in [5.41, 5.74) is 4.61. The Morgan fingerprint density at radius 3 is 2.05 bits per heavy atom. The zero-order chi connectivity index (χ0) is 28.1. The van der Waals surface area contributed by atoms with Crippen molar-refractivity contribution in [2.45, 2.75) is 32.9 Å². The van der Waals surface area contributed by atoms with E-state index >= 15 is 0 Å². The van der Waals surface area contributed by atoms with Gasteiger partial charge in [0.2, 0.25) is 0 Å². The molecule has 0 radical (unpaired) electrons. The molecule has 0 spiro atoms. The Bertz CT molecular complexity index is 1210. The summed E-state index contributed by atoms with van der Waals surface area (Å²) >= 11 is 11.6. The minimum absolute atomic E-state index is 0.212. The smallest absolute Gasteiger partial charge is 0.168 e. The van der Waals surface area contributed by atoms with E-state index in [1.165, 1.54) is 11.8 Å². The third-order valence-corrected chi connectivity index (χ3v) is 7.01. The van der Waals surface area contributed by atoms with E-state index in [-0.39, 0.29) is 12.4 Å². The minimum atomic E-state index is -2.90. The van der Waals surface area contributed by atoms with Crippen molar-refractivity contribution in [1.82, 2.24) is 20.2 Å². The number of hydrogen-bond donors (Lipinski definition) is 2. The Morgan fingerprint density at radius 2 is 1.54 bits per heavy atom. The Kier molecular flexibility index (Phi) is 14.8. The number of nitrogens with one attached hydrogen (secondary N) is 1. The van der Waals surface area contributed by atoms with Crippen molar-refractivity contribution < 1.29 is 21.9 Å². The van der Waals surface area contributed by atoms with Gasteiger partial charge in [0.15, 0.2) is 9.84 Å². The van der Waals surface area contributed by atoms with Gasteiger partial charge in [0, 0.05) is 81.5 Å². The summed E-state index contributed by atoms with van der Waals surface area (Å²) in [6, 6.07) is 7.63. The van der Waals surface area contributed by atoms with Gasteiger partial charge in [-0.2, -0.15) is 0 Å². The van der Waals surface area contributed by atoms with Gasteiger partial charge in [0.05, 0.1) is 5.75 Å². The highest BCUT2D eigenvalue weighted by atomic mass is 35.5. The second kappa shape index (κ2) is 16.4. The first-order valence-corrected chi connectivity index (χ1v) is 16.4. The molecule has 0 aliphatic carbocycles. The van der Waals surface area contributed by atoms with Gasteiger partial charge in [-0.3, -0.25) is 4.90 Å². The number of hydrogen-bond acceptors (Lipinski definition) is 9. The molecule has 0 saturated carbocycles. The van der Waals surface area contributed by atoms with E-state index in [1.807, 2.05) is 18.2 Å². The van der Waals surface area contributed by atoms with Crippen LogP contribution in [0.3, 0.4) is 0 Å². The van der Waals surface area contributed by atoms with E-state index in [0.717, 1.165) is 67.6 Å². The van der Waals surface area contributed by atoms with Crippen LogP contribution in [0.1, 0.15) is 29.4 Å². The SMILES string of the molecule is C=CS(C)(=O)=O.CCO.CS(=O)(=O)CCN1CCc2nc(Cl)ccc2C1.Clc1ccc2c(n1)CCNC2. The van der Waals surface area contributed by atoms with Crippen molar-refractivity contribution >= 4 is 42.9 Å². The van der Waals surface area contributed by atoms with Gasteiger partial charge in [-0.05, 0) is 30.2 Å². The molecule has 13 heteroatoms. The van der Waals surface area contributed by atoms with Gasteiger partial charge >= 0.3 is 0 Å². The summed E-state index contributed by atoms with van der Waals surface area (Å²) in [5, 5.41) is 12.9. The van der Waals surface area contributed by atoms with Crippen LogP contribution in [0.25, 0.3) is 0 Å². The number of halogens is 2. The molecule has 0 bridgehead atoms. The van der Waals surface area contributed by atoms with E-state index in [9.17, 15) is 16.8 Å². The number of rotatable bonds is 4. The predicted molar refractivity (Wildman–Crippen MR) is 150 cm³/mol. The molecule has 208 valence electrons. The first-order chi connectivity index (χ1) is 17.3. The molecule has 0 atom stereocenters. The van der Waals surface area contributed by atoms with Crippen molar-refractivity contribution in [1.29, 1.82) is 0 Å². The molecule has 4 rings (SSSR count). The van der Waals surface area contributed by atoms with Crippen LogP contribution in [0, 0.1) is 0 Å². The van der Waals surface area contributed by atoms with Crippen LogP contribution in [0.2, 0.25) is 10.3 Å². The average molecular weight is 596 g/mol. The first kappa shape index (κ1) is 33.4. The maximum absolute atomic E-state index is 11.1. The number of aliphatic hydroxyl groups is 1. The summed E-state index contributed by atoms with van der Waals surface area (Å²) < 4.78 is 42.0. The molecule has 2 aliphatic heterocycles. The fourth-order valence-corrected chi connectivity index (χ4v) is 4.16. The van der Waals surface area contributed by atoms with Crippen LogP contribution in [0.15, 0.2) is 36.3 Å². The maximum atomic E-state index is 11.1. The number of sulfone groups is 2. The van der Waals surface area contributed by atoms with Crippen LogP contribution in [-0.2, 0) is 45.6 Å². The Morgan fingerprint density at radius 1 is 1.03 bits per heavy atom. The number of fused-ring (bicyclic) bond motifs is 2. The summed E-state index contributed by atoms with van der Waals surface area (Å²) in [5.74, 6) is 0.212. The largest absolute Gasteiger partial charge is 0.397 e. The minimum Gasteiger partial charge on any atom is -0.397 e. The van der Waals surface area contributed by atoms with Crippen molar-refractivity contribution in [3.8, 4) is 0 Å². The van der Waals surface area contributed by atoms with Crippen molar-refractivity contribution in [2.24, 2.45) is 0 Å². The molecule has 9 nitrogen and oxygen atoms in total. The standard InChI is InChI=1S/C11H15ClN2O2S.C8H9ClN2.C3H6O2S.C2H6O/c1-17(15,16)7-6-14-5-4-10-9(8-14)2-3-11(12)13-10;9-8-2-1-6-5-10-4-3-7(6)11-8;1-3-6(2,4)5;1-2-3/h2-3H,4-8H2,1H3;1-2,10H,3-5H2;3H,1H2,2H3;3H,2H2,1H3. The lowest BCUT2D eigenvalue weighted by atomic mass is 10.1. The quantitative estimate of drug-likeness (QED) is 0.513.